The molecule has 1 nitrogen and oxygen atoms in total. The molecule has 23 heavy (non-hydrogen) atoms. The summed E-state index contributed by atoms with van der Waals surface area (Å²) in [5.41, 5.74) is 5.10. The van der Waals surface area contributed by atoms with Crippen LogP contribution in [0, 0.1) is 12.8 Å². The number of hydrogen-bond donors (Lipinski definition) is 0. The largest absolute Gasteiger partial charge is 0.256 e. The molecular weight excluding hydrogens is 278 g/mol. The molecule has 0 aliphatic heterocycles. The van der Waals surface area contributed by atoms with E-state index in [1.54, 1.807) is 0 Å². The Morgan fingerprint density at radius 3 is 2.65 bits per heavy atom. The van der Waals surface area contributed by atoms with Crippen LogP contribution >= 0.6 is 0 Å². The van der Waals surface area contributed by atoms with Gasteiger partial charge in [-0.15, -0.1) is 0 Å². The molecular formula is C22H23N. The fourth-order valence-corrected chi connectivity index (χ4v) is 3.96. The summed E-state index contributed by atoms with van der Waals surface area (Å²) in [5.74, 6) is 0.894. The van der Waals surface area contributed by atoms with E-state index < -0.39 is 0 Å². The quantitative estimate of drug-likeness (QED) is 0.583. The summed E-state index contributed by atoms with van der Waals surface area (Å²) in [6, 6.07) is 17.6. The molecule has 0 bridgehead atoms. The average molecular weight is 301 g/mol. The van der Waals surface area contributed by atoms with Crippen LogP contribution in [-0.4, -0.2) is 4.98 Å². The van der Waals surface area contributed by atoms with Gasteiger partial charge in [-0.1, -0.05) is 68.1 Å². The van der Waals surface area contributed by atoms with E-state index in [4.69, 9.17) is 0 Å². The molecule has 0 atom stereocenters. The van der Waals surface area contributed by atoms with Gasteiger partial charge in [0.15, 0.2) is 0 Å². The van der Waals surface area contributed by atoms with E-state index in [0.717, 1.165) is 11.6 Å². The maximum atomic E-state index is 4.67. The Balaban J connectivity index is 1.75. The first-order valence-corrected chi connectivity index (χ1v) is 8.75. The van der Waals surface area contributed by atoms with Crippen LogP contribution in [0.4, 0.5) is 0 Å². The lowest BCUT2D eigenvalue weighted by Gasteiger charge is -2.12. The van der Waals surface area contributed by atoms with Gasteiger partial charge in [0.1, 0.15) is 0 Å². The number of nitrogens with zero attached hydrogens (tertiary/aromatic N) is 1. The normalized spacial score (nSPS) is 15.3. The molecule has 1 saturated carbocycles. The summed E-state index contributed by atoms with van der Waals surface area (Å²) >= 11 is 0. The van der Waals surface area contributed by atoms with Crippen LogP contribution in [0.15, 0.2) is 54.7 Å². The van der Waals surface area contributed by atoms with Gasteiger partial charge in [-0.3, -0.25) is 4.98 Å². The standard InChI is InChI=1S/C22H23N/c1-16-6-2-5-9-20(16)22-21-11-10-18(14-17-7-3-4-8-17)15-19(21)12-13-23-22/h2,5-6,9-13,15,17H,3-4,7-8,14H2,1H3. The highest BCUT2D eigenvalue weighted by atomic mass is 14.7. The fraction of sp³-hybridized carbons (Fsp3) is 0.318. The molecule has 0 radical (unpaired) electrons. The smallest absolute Gasteiger partial charge is 0.0782 e. The first-order valence-electron chi connectivity index (χ1n) is 8.75. The molecule has 1 aliphatic carbocycles. The minimum absolute atomic E-state index is 0.894. The SMILES string of the molecule is Cc1ccccc1-c1nccc2cc(CC3CCCC3)ccc12. The second kappa shape index (κ2) is 6.16. The van der Waals surface area contributed by atoms with Crippen molar-refractivity contribution in [1.29, 1.82) is 0 Å². The van der Waals surface area contributed by atoms with Crippen molar-refractivity contribution in [3.8, 4) is 11.3 Å². The molecule has 1 heteroatoms. The zero-order valence-corrected chi connectivity index (χ0v) is 13.8. The van der Waals surface area contributed by atoms with Gasteiger partial charge < -0.3 is 0 Å². The molecule has 1 heterocycles. The second-order valence-corrected chi connectivity index (χ2v) is 6.88. The van der Waals surface area contributed by atoms with Crippen LogP contribution in [0.3, 0.4) is 0 Å². The summed E-state index contributed by atoms with van der Waals surface area (Å²) in [6.45, 7) is 2.16. The topological polar surface area (TPSA) is 12.9 Å². The van der Waals surface area contributed by atoms with Gasteiger partial charge in [0.05, 0.1) is 5.69 Å². The van der Waals surface area contributed by atoms with Crippen LogP contribution in [0.1, 0.15) is 36.8 Å². The lowest BCUT2D eigenvalue weighted by atomic mass is 9.94. The number of fused-ring (bicyclic) bond motifs is 1. The van der Waals surface area contributed by atoms with Crippen molar-refractivity contribution < 1.29 is 0 Å². The third kappa shape index (κ3) is 2.88. The van der Waals surface area contributed by atoms with Crippen LogP contribution in [0.5, 0.6) is 0 Å². The van der Waals surface area contributed by atoms with Crippen molar-refractivity contribution in [2.75, 3.05) is 0 Å². The first kappa shape index (κ1) is 14.4. The third-order valence-electron chi connectivity index (χ3n) is 5.23. The van der Waals surface area contributed by atoms with Gasteiger partial charge in [-0.2, -0.15) is 0 Å². The van der Waals surface area contributed by atoms with E-state index >= 15 is 0 Å². The second-order valence-electron chi connectivity index (χ2n) is 6.88. The van der Waals surface area contributed by atoms with Crippen molar-refractivity contribution in [3.05, 3.63) is 65.9 Å². The van der Waals surface area contributed by atoms with Crippen molar-refractivity contribution >= 4 is 10.8 Å². The Morgan fingerprint density at radius 2 is 1.83 bits per heavy atom. The summed E-state index contributed by atoms with van der Waals surface area (Å²) in [6.07, 6.45) is 8.83. The van der Waals surface area contributed by atoms with Gasteiger partial charge in [-0.05, 0) is 41.8 Å². The lowest BCUT2D eigenvalue weighted by Crippen LogP contribution is -1.98. The monoisotopic (exact) mass is 301 g/mol. The highest BCUT2D eigenvalue weighted by Crippen LogP contribution is 2.32. The molecule has 3 aromatic rings. The Morgan fingerprint density at radius 1 is 1.00 bits per heavy atom. The van der Waals surface area contributed by atoms with Crippen LogP contribution in [0.25, 0.3) is 22.0 Å². The Bertz CT molecular complexity index is 828. The van der Waals surface area contributed by atoms with E-state index in [1.165, 1.54) is 59.6 Å². The molecule has 1 aliphatic rings. The van der Waals surface area contributed by atoms with Crippen molar-refractivity contribution in [2.45, 2.75) is 39.0 Å². The molecule has 116 valence electrons. The highest BCUT2D eigenvalue weighted by molar-refractivity contribution is 5.95. The third-order valence-corrected chi connectivity index (χ3v) is 5.23. The zero-order valence-electron chi connectivity index (χ0n) is 13.8. The Labute approximate surface area is 138 Å². The van der Waals surface area contributed by atoms with E-state index in [0.29, 0.717) is 0 Å². The van der Waals surface area contributed by atoms with E-state index in [2.05, 4.69) is 60.4 Å². The Hall–Kier alpha value is -2.15. The van der Waals surface area contributed by atoms with E-state index in [1.807, 2.05) is 6.20 Å². The molecule has 0 amide bonds. The molecule has 2 aromatic carbocycles. The molecule has 4 rings (SSSR count). The van der Waals surface area contributed by atoms with Crippen LogP contribution in [-0.2, 0) is 6.42 Å². The maximum Gasteiger partial charge on any atom is 0.0782 e. The lowest BCUT2D eigenvalue weighted by molar-refractivity contribution is 0.547. The average Bonchev–Trinajstić information content (AvgIpc) is 3.08. The van der Waals surface area contributed by atoms with Gasteiger partial charge in [0, 0.05) is 17.1 Å². The van der Waals surface area contributed by atoms with Gasteiger partial charge in [-0.25, -0.2) is 0 Å². The predicted octanol–water partition coefficient (Wildman–Crippen LogP) is 5.94. The van der Waals surface area contributed by atoms with Crippen molar-refractivity contribution in [2.24, 2.45) is 5.92 Å². The van der Waals surface area contributed by atoms with Gasteiger partial charge in [0.2, 0.25) is 0 Å². The summed E-state index contributed by atoms with van der Waals surface area (Å²) in [7, 11) is 0. The number of aromatic nitrogens is 1. The minimum Gasteiger partial charge on any atom is -0.256 e. The number of pyridine rings is 1. The molecule has 0 saturated heterocycles. The number of hydrogen-bond acceptors (Lipinski definition) is 1. The molecule has 1 fully saturated rings. The zero-order chi connectivity index (χ0) is 15.6. The van der Waals surface area contributed by atoms with E-state index in [-0.39, 0.29) is 0 Å². The highest BCUT2D eigenvalue weighted by Gasteiger charge is 2.16. The minimum atomic E-state index is 0.894. The van der Waals surface area contributed by atoms with Crippen LogP contribution in [0.2, 0.25) is 0 Å². The fourth-order valence-electron chi connectivity index (χ4n) is 3.96. The molecule has 0 unspecified atom stereocenters. The number of aryl methyl sites for hydroxylation is 1. The molecule has 0 N–H and O–H groups in total. The molecule has 1 aromatic heterocycles. The Kier molecular flexibility index (Phi) is 3.87. The van der Waals surface area contributed by atoms with E-state index in [9.17, 15) is 0 Å². The maximum absolute atomic E-state index is 4.67. The van der Waals surface area contributed by atoms with Gasteiger partial charge >= 0.3 is 0 Å². The molecule has 0 spiro atoms. The summed E-state index contributed by atoms with van der Waals surface area (Å²) in [5, 5.41) is 2.57. The predicted molar refractivity (Wildman–Crippen MR) is 97.6 cm³/mol. The number of rotatable bonds is 3. The van der Waals surface area contributed by atoms with Crippen molar-refractivity contribution in [3.63, 3.8) is 0 Å². The van der Waals surface area contributed by atoms with Crippen molar-refractivity contribution in [1.82, 2.24) is 4.98 Å². The summed E-state index contributed by atoms with van der Waals surface area (Å²) in [4.78, 5) is 4.67. The van der Waals surface area contributed by atoms with Crippen LogP contribution < -0.4 is 0 Å². The summed E-state index contributed by atoms with van der Waals surface area (Å²) < 4.78 is 0. The first-order chi connectivity index (χ1) is 11.3. The number of benzene rings is 2. The van der Waals surface area contributed by atoms with Gasteiger partial charge in [0.25, 0.3) is 0 Å².